The van der Waals surface area contributed by atoms with Crippen molar-refractivity contribution < 1.29 is 14.3 Å². The lowest BCUT2D eigenvalue weighted by atomic mass is 10.1. The number of benzene rings is 2. The van der Waals surface area contributed by atoms with Gasteiger partial charge in [0.2, 0.25) is 6.79 Å². The van der Waals surface area contributed by atoms with E-state index in [0.717, 1.165) is 30.2 Å². The Bertz CT molecular complexity index is 1060. The average Bonchev–Trinajstić information content (AvgIpc) is 3.46. The molecule has 3 aromatic rings. The summed E-state index contributed by atoms with van der Waals surface area (Å²) in [6.45, 7) is 2.25. The lowest BCUT2D eigenvalue weighted by Gasteiger charge is -2.16. The third-order valence-corrected chi connectivity index (χ3v) is 5.13. The summed E-state index contributed by atoms with van der Waals surface area (Å²) in [4.78, 5) is 23.8. The van der Waals surface area contributed by atoms with Crippen molar-refractivity contribution in [2.45, 2.75) is 12.8 Å². The number of nitrogens with zero attached hydrogens (tertiary/aromatic N) is 3. The molecule has 1 fully saturated rings. The third kappa shape index (κ3) is 3.59. The zero-order valence-corrected chi connectivity index (χ0v) is 15.8. The van der Waals surface area contributed by atoms with E-state index in [0.29, 0.717) is 22.7 Å². The maximum Gasteiger partial charge on any atom is 0.255 e. The average molecular weight is 388 g/mol. The minimum atomic E-state index is -0.195. The van der Waals surface area contributed by atoms with Gasteiger partial charge in [0.15, 0.2) is 11.5 Å². The first-order valence-electron chi connectivity index (χ1n) is 9.65. The Balaban J connectivity index is 1.37. The van der Waals surface area contributed by atoms with Gasteiger partial charge in [0.25, 0.3) is 5.91 Å². The van der Waals surface area contributed by atoms with Gasteiger partial charge in [0.05, 0.1) is 5.69 Å². The number of amides is 1. The van der Waals surface area contributed by atoms with Gasteiger partial charge in [-0.3, -0.25) is 4.79 Å². The summed E-state index contributed by atoms with van der Waals surface area (Å²) in [5.41, 5.74) is 2.90. The number of anilines is 2. The topological polar surface area (TPSA) is 76.6 Å². The fourth-order valence-electron chi connectivity index (χ4n) is 3.62. The fraction of sp³-hybridized carbons (Fsp3) is 0.227. The summed E-state index contributed by atoms with van der Waals surface area (Å²) in [5.74, 6) is 2.05. The fourth-order valence-corrected chi connectivity index (χ4v) is 3.62. The normalized spacial score (nSPS) is 14.8. The Morgan fingerprint density at radius 1 is 0.966 bits per heavy atom. The van der Waals surface area contributed by atoms with E-state index in [9.17, 15) is 4.79 Å². The Morgan fingerprint density at radius 2 is 1.83 bits per heavy atom. The van der Waals surface area contributed by atoms with Crippen molar-refractivity contribution in [3.8, 4) is 22.8 Å². The van der Waals surface area contributed by atoms with Gasteiger partial charge in [-0.05, 0) is 37.1 Å². The molecule has 0 aliphatic carbocycles. The second-order valence-corrected chi connectivity index (χ2v) is 7.06. The second-order valence-electron chi connectivity index (χ2n) is 7.06. The molecule has 7 heteroatoms. The maximum atomic E-state index is 12.7. The van der Waals surface area contributed by atoms with Crippen LogP contribution in [0, 0.1) is 0 Å². The number of fused-ring (bicyclic) bond motifs is 1. The van der Waals surface area contributed by atoms with E-state index < -0.39 is 0 Å². The highest BCUT2D eigenvalue weighted by atomic mass is 16.7. The molecule has 1 saturated heterocycles. The van der Waals surface area contributed by atoms with Crippen molar-refractivity contribution in [1.29, 1.82) is 0 Å². The van der Waals surface area contributed by atoms with Crippen molar-refractivity contribution >= 4 is 17.4 Å². The van der Waals surface area contributed by atoms with Crippen molar-refractivity contribution in [3.63, 3.8) is 0 Å². The van der Waals surface area contributed by atoms with Crippen LogP contribution in [0.1, 0.15) is 23.2 Å². The Labute approximate surface area is 168 Å². The van der Waals surface area contributed by atoms with Gasteiger partial charge in [-0.2, -0.15) is 0 Å². The molecule has 0 spiro atoms. The van der Waals surface area contributed by atoms with Crippen LogP contribution in [0.2, 0.25) is 0 Å². The third-order valence-electron chi connectivity index (χ3n) is 5.13. The van der Waals surface area contributed by atoms with E-state index in [4.69, 9.17) is 9.47 Å². The van der Waals surface area contributed by atoms with E-state index >= 15 is 0 Å². The van der Waals surface area contributed by atoms with E-state index in [1.54, 1.807) is 30.6 Å². The van der Waals surface area contributed by atoms with Crippen LogP contribution in [0.15, 0.2) is 54.9 Å². The lowest BCUT2D eigenvalue weighted by Crippen LogP contribution is -2.19. The Hall–Kier alpha value is -3.61. The van der Waals surface area contributed by atoms with Crippen molar-refractivity contribution in [2.75, 3.05) is 30.1 Å². The quantitative estimate of drug-likeness (QED) is 0.734. The van der Waals surface area contributed by atoms with Crippen LogP contribution in [0.5, 0.6) is 11.5 Å². The van der Waals surface area contributed by atoms with Crippen molar-refractivity contribution in [1.82, 2.24) is 9.97 Å². The molecule has 0 bridgehead atoms. The molecule has 29 heavy (non-hydrogen) atoms. The molecule has 5 rings (SSSR count). The van der Waals surface area contributed by atoms with Crippen LogP contribution < -0.4 is 19.7 Å². The smallest absolute Gasteiger partial charge is 0.255 e. The summed E-state index contributed by atoms with van der Waals surface area (Å²) in [5, 5.41) is 2.91. The zero-order valence-electron chi connectivity index (χ0n) is 15.8. The van der Waals surface area contributed by atoms with Crippen LogP contribution in [-0.2, 0) is 0 Å². The number of ether oxygens (including phenoxy) is 2. The molecular weight excluding hydrogens is 368 g/mol. The number of hydrogen-bond donors (Lipinski definition) is 1. The molecule has 0 radical (unpaired) electrons. The van der Waals surface area contributed by atoms with Crippen LogP contribution >= 0.6 is 0 Å². The molecule has 0 saturated carbocycles. The van der Waals surface area contributed by atoms with E-state index in [-0.39, 0.29) is 12.7 Å². The van der Waals surface area contributed by atoms with E-state index in [2.05, 4.69) is 20.2 Å². The molecule has 0 unspecified atom stereocenters. The first kappa shape index (κ1) is 17.5. The molecule has 7 nitrogen and oxygen atoms in total. The van der Waals surface area contributed by atoms with E-state index in [1.807, 2.05) is 24.3 Å². The molecule has 146 valence electrons. The minimum Gasteiger partial charge on any atom is -0.454 e. The van der Waals surface area contributed by atoms with Crippen molar-refractivity contribution in [3.05, 3.63) is 60.4 Å². The number of hydrogen-bond acceptors (Lipinski definition) is 6. The Morgan fingerprint density at radius 3 is 2.72 bits per heavy atom. The minimum absolute atomic E-state index is 0.195. The van der Waals surface area contributed by atoms with Crippen LogP contribution in [-0.4, -0.2) is 35.8 Å². The predicted molar refractivity (Wildman–Crippen MR) is 109 cm³/mol. The molecule has 2 aliphatic rings. The van der Waals surface area contributed by atoms with Gasteiger partial charge in [0.1, 0.15) is 12.1 Å². The zero-order chi connectivity index (χ0) is 19.6. The van der Waals surface area contributed by atoms with Crippen LogP contribution in [0.25, 0.3) is 11.3 Å². The summed E-state index contributed by atoms with van der Waals surface area (Å²) < 4.78 is 10.7. The molecule has 3 heterocycles. The standard InChI is InChI=1S/C22H20N4O3/c27-22(25-17-6-7-19-20(11-17)29-14-28-19)16-5-3-4-15(10-16)18-12-21(24-13-23-18)26-8-1-2-9-26/h3-7,10-13H,1-2,8-9,14H2,(H,25,27). The second kappa shape index (κ2) is 7.43. The highest BCUT2D eigenvalue weighted by Crippen LogP contribution is 2.34. The number of carbonyl (C=O) groups excluding carboxylic acids is 1. The summed E-state index contributed by atoms with van der Waals surface area (Å²) in [6, 6.07) is 14.8. The molecule has 1 aromatic heterocycles. The molecule has 1 amide bonds. The van der Waals surface area contributed by atoms with Crippen LogP contribution in [0.3, 0.4) is 0 Å². The summed E-state index contributed by atoms with van der Waals surface area (Å²) in [7, 11) is 0. The predicted octanol–water partition coefficient (Wildman–Crippen LogP) is 3.72. The van der Waals surface area contributed by atoms with Gasteiger partial charge in [-0.25, -0.2) is 9.97 Å². The monoisotopic (exact) mass is 388 g/mol. The highest BCUT2D eigenvalue weighted by Gasteiger charge is 2.16. The first-order valence-corrected chi connectivity index (χ1v) is 9.65. The molecule has 1 N–H and O–H groups in total. The molecule has 2 aromatic carbocycles. The number of carbonyl (C=O) groups is 1. The molecule has 0 atom stereocenters. The highest BCUT2D eigenvalue weighted by molar-refractivity contribution is 6.05. The molecular formula is C22H20N4O3. The van der Waals surface area contributed by atoms with Gasteiger partial charge in [0, 0.05) is 42.0 Å². The number of nitrogens with one attached hydrogen (secondary N) is 1. The molecule has 2 aliphatic heterocycles. The maximum absolute atomic E-state index is 12.7. The van der Waals surface area contributed by atoms with Crippen molar-refractivity contribution in [2.24, 2.45) is 0 Å². The summed E-state index contributed by atoms with van der Waals surface area (Å²) in [6.07, 6.45) is 3.96. The van der Waals surface area contributed by atoms with Crippen LogP contribution in [0.4, 0.5) is 11.5 Å². The van der Waals surface area contributed by atoms with Gasteiger partial charge in [-0.15, -0.1) is 0 Å². The van der Waals surface area contributed by atoms with Gasteiger partial charge < -0.3 is 19.7 Å². The van der Waals surface area contributed by atoms with Gasteiger partial charge in [-0.1, -0.05) is 12.1 Å². The Kier molecular flexibility index (Phi) is 4.48. The number of rotatable bonds is 4. The van der Waals surface area contributed by atoms with E-state index in [1.165, 1.54) is 12.8 Å². The first-order chi connectivity index (χ1) is 14.3. The summed E-state index contributed by atoms with van der Waals surface area (Å²) >= 11 is 0. The van der Waals surface area contributed by atoms with Gasteiger partial charge >= 0.3 is 0 Å². The largest absolute Gasteiger partial charge is 0.454 e. The SMILES string of the molecule is O=C(Nc1ccc2c(c1)OCO2)c1cccc(-c2cc(N3CCCC3)ncn2)c1. The lowest BCUT2D eigenvalue weighted by molar-refractivity contribution is 0.102. The number of aromatic nitrogens is 2.